The van der Waals surface area contributed by atoms with Gasteiger partial charge in [-0.1, -0.05) is 6.07 Å². The Labute approximate surface area is 165 Å². The van der Waals surface area contributed by atoms with Crippen LogP contribution in [0.1, 0.15) is 33.0 Å². The van der Waals surface area contributed by atoms with Crippen LogP contribution in [0.4, 0.5) is 0 Å². The van der Waals surface area contributed by atoms with Gasteiger partial charge in [-0.25, -0.2) is 0 Å². The van der Waals surface area contributed by atoms with E-state index in [2.05, 4.69) is 29.3 Å². The van der Waals surface area contributed by atoms with Crippen LogP contribution in [0.2, 0.25) is 0 Å². The van der Waals surface area contributed by atoms with Gasteiger partial charge in [0.25, 0.3) is 5.91 Å². The summed E-state index contributed by atoms with van der Waals surface area (Å²) in [6.07, 6.45) is 2.22. The SMILES string of the molecule is COCCNC(=O)c1cccc(OC2CCN(Cc3ccc(C)s3)CC2)c1. The highest BCUT2D eigenvalue weighted by Gasteiger charge is 2.21. The molecule has 1 aliphatic heterocycles. The minimum absolute atomic E-state index is 0.0986. The van der Waals surface area contributed by atoms with Gasteiger partial charge in [-0.15, -0.1) is 11.3 Å². The second-order valence-electron chi connectivity index (χ2n) is 6.88. The number of rotatable bonds is 8. The summed E-state index contributed by atoms with van der Waals surface area (Å²) in [6, 6.07) is 11.8. The number of likely N-dealkylation sites (tertiary alicyclic amines) is 1. The lowest BCUT2D eigenvalue weighted by Gasteiger charge is -2.31. The maximum Gasteiger partial charge on any atom is 0.251 e. The Morgan fingerprint density at radius 3 is 2.78 bits per heavy atom. The van der Waals surface area contributed by atoms with Gasteiger partial charge in [0, 0.05) is 48.6 Å². The van der Waals surface area contributed by atoms with Crippen molar-refractivity contribution in [2.75, 3.05) is 33.4 Å². The number of hydrogen-bond acceptors (Lipinski definition) is 5. The van der Waals surface area contributed by atoms with Gasteiger partial charge >= 0.3 is 0 Å². The van der Waals surface area contributed by atoms with Crippen LogP contribution in [0, 0.1) is 6.92 Å². The number of hydrogen-bond donors (Lipinski definition) is 1. The molecule has 1 aromatic heterocycles. The number of carbonyl (C=O) groups is 1. The lowest BCUT2D eigenvalue weighted by Crippen LogP contribution is -2.37. The van der Waals surface area contributed by atoms with Gasteiger partial charge in [-0.05, 0) is 50.1 Å². The maximum atomic E-state index is 12.2. The number of methoxy groups -OCH3 is 1. The summed E-state index contributed by atoms with van der Waals surface area (Å²) < 4.78 is 11.1. The van der Waals surface area contributed by atoms with E-state index >= 15 is 0 Å². The Hall–Kier alpha value is -1.89. The Balaban J connectivity index is 1.47. The van der Waals surface area contributed by atoms with Crippen molar-refractivity contribution in [1.29, 1.82) is 0 Å². The summed E-state index contributed by atoms with van der Waals surface area (Å²) >= 11 is 1.88. The maximum absolute atomic E-state index is 12.2. The zero-order chi connectivity index (χ0) is 19.1. The Morgan fingerprint density at radius 1 is 1.26 bits per heavy atom. The van der Waals surface area contributed by atoms with E-state index in [1.807, 2.05) is 29.5 Å². The Kier molecular flexibility index (Phi) is 7.26. The number of thiophene rings is 1. The molecule has 1 N–H and O–H groups in total. The van der Waals surface area contributed by atoms with Crippen molar-refractivity contribution >= 4 is 17.2 Å². The average molecular weight is 389 g/mol. The number of nitrogens with one attached hydrogen (secondary N) is 1. The largest absolute Gasteiger partial charge is 0.490 e. The van der Waals surface area contributed by atoms with Crippen molar-refractivity contribution in [1.82, 2.24) is 10.2 Å². The Bertz CT molecular complexity index is 739. The first kappa shape index (κ1) is 19.9. The van der Waals surface area contributed by atoms with Crippen LogP contribution in [-0.2, 0) is 11.3 Å². The molecule has 1 fully saturated rings. The van der Waals surface area contributed by atoms with E-state index < -0.39 is 0 Å². The van der Waals surface area contributed by atoms with E-state index in [1.165, 1.54) is 9.75 Å². The van der Waals surface area contributed by atoms with Crippen LogP contribution in [0.5, 0.6) is 5.75 Å². The smallest absolute Gasteiger partial charge is 0.251 e. The topological polar surface area (TPSA) is 50.8 Å². The van der Waals surface area contributed by atoms with Crippen molar-refractivity contribution in [2.45, 2.75) is 32.4 Å². The van der Waals surface area contributed by atoms with Gasteiger partial charge in [0.15, 0.2) is 0 Å². The normalized spacial score (nSPS) is 15.6. The molecule has 0 spiro atoms. The van der Waals surface area contributed by atoms with Gasteiger partial charge in [0.05, 0.1) is 6.61 Å². The van der Waals surface area contributed by atoms with E-state index in [0.717, 1.165) is 38.2 Å². The number of carbonyl (C=O) groups excluding carboxylic acids is 1. The second kappa shape index (κ2) is 9.88. The van der Waals surface area contributed by atoms with Gasteiger partial charge in [-0.2, -0.15) is 0 Å². The van der Waals surface area contributed by atoms with Crippen LogP contribution >= 0.6 is 11.3 Å². The first-order valence-electron chi connectivity index (χ1n) is 9.45. The summed E-state index contributed by atoms with van der Waals surface area (Å²) in [5.74, 6) is 0.667. The second-order valence-corrected chi connectivity index (χ2v) is 8.25. The minimum Gasteiger partial charge on any atom is -0.490 e. The molecule has 2 aromatic rings. The number of ether oxygens (including phenoxy) is 2. The summed E-state index contributed by atoms with van der Waals surface area (Å²) in [6.45, 7) is 6.27. The summed E-state index contributed by atoms with van der Waals surface area (Å²) in [4.78, 5) is 17.4. The first-order valence-corrected chi connectivity index (χ1v) is 10.3. The molecule has 0 bridgehead atoms. The van der Waals surface area contributed by atoms with E-state index in [9.17, 15) is 4.79 Å². The van der Waals surface area contributed by atoms with Crippen LogP contribution in [0.25, 0.3) is 0 Å². The third-order valence-electron chi connectivity index (χ3n) is 4.70. The van der Waals surface area contributed by atoms with E-state index in [1.54, 1.807) is 13.2 Å². The van der Waals surface area contributed by atoms with Crippen LogP contribution < -0.4 is 10.1 Å². The van der Waals surface area contributed by atoms with Crippen molar-refractivity contribution in [3.05, 3.63) is 51.7 Å². The standard InChI is InChI=1S/C21H28N2O3S/c1-16-6-7-20(27-16)15-23-11-8-18(9-12-23)26-19-5-3-4-17(14-19)21(24)22-10-13-25-2/h3-7,14,18H,8-13,15H2,1-2H3,(H,22,24). The Morgan fingerprint density at radius 2 is 2.07 bits per heavy atom. The number of piperidine rings is 1. The summed E-state index contributed by atoms with van der Waals surface area (Å²) in [5, 5.41) is 2.84. The third-order valence-corrected chi connectivity index (χ3v) is 5.69. The summed E-state index contributed by atoms with van der Waals surface area (Å²) in [5.41, 5.74) is 0.620. The lowest BCUT2D eigenvalue weighted by molar-refractivity contribution is 0.0926. The number of amides is 1. The molecule has 1 saturated heterocycles. The van der Waals surface area contributed by atoms with Gasteiger partial charge < -0.3 is 14.8 Å². The third kappa shape index (κ3) is 6.06. The molecule has 0 atom stereocenters. The zero-order valence-electron chi connectivity index (χ0n) is 16.1. The van der Waals surface area contributed by atoms with Gasteiger partial charge in [0.2, 0.25) is 0 Å². The number of nitrogens with zero attached hydrogens (tertiary/aromatic N) is 1. The molecule has 0 radical (unpaired) electrons. The fourth-order valence-corrected chi connectivity index (χ4v) is 4.18. The molecule has 0 saturated carbocycles. The van der Waals surface area contributed by atoms with E-state index in [4.69, 9.17) is 9.47 Å². The number of aryl methyl sites for hydroxylation is 1. The molecule has 0 unspecified atom stereocenters. The molecule has 3 rings (SSSR count). The summed E-state index contributed by atoms with van der Waals surface area (Å²) in [7, 11) is 1.62. The van der Waals surface area contributed by atoms with E-state index in [-0.39, 0.29) is 12.0 Å². The predicted octanol–water partition coefficient (Wildman–Crippen LogP) is 3.48. The van der Waals surface area contributed by atoms with Crippen LogP contribution in [-0.4, -0.2) is 50.3 Å². The van der Waals surface area contributed by atoms with Crippen LogP contribution in [0.15, 0.2) is 36.4 Å². The molecule has 1 aromatic carbocycles. The van der Waals surface area contributed by atoms with Crippen LogP contribution in [0.3, 0.4) is 0 Å². The highest BCUT2D eigenvalue weighted by molar-refractivity contribution is 7.11. The fraction of sp³-hybridized carbons (Fsp3) is 0.476. The molecule has 1 aliphatic rings. The van der Waals surface area contributed by atoms with Crippen molar-refractivity contribution in [3.63, 3.8) is 0 Å². The van der Waals surface area contributed by atoms with E-state index in [0.29, 0.717) is 18.7 Å². The molecule has 27 heavy (non-hydrogen) atoms. The highest BCUT2D eigenvalue weighted by atomic mass is 32.1. The molecule has 2 heterocycles. The van der Waals surface area contributed by atoms with Crippen molar-refractivity contribution < 1.29 is 14.3 Å². The zero-order valence-corrected chi connectivity index (χ0v) is 16.9. The monoisotopic (exact) mass is 388 g/mol. The molecule has 5 nitrogen and oxygen atoms in total. The molecular formula is C21H28N2O3S. The molecule has 146 valence electrons. The quantitative estimate of drug-likeness (QED) is 0.704. The fourth-order valence-electron chi connectivity index (χ4n) is 3.25. The van der Waals surface area contributed by atoms with Gasteiger partial charge in [0.1, 0.15) is 11.9 Å². The minimum atomic E-state index is -0.0986. The van der Waals surface area contributed by atoms with Crippen molar-refractivity contribution in [3.8, 4) is 5.75 Å². The molecule has 6 heteroatoms. The predicted molar refractivity (Wildman–Crippen MR) is 109 cm³/mol. The highest BCUT2D eigenvalue weighted by Crippen LogP contribution is 2.23. The van der Waals surface area contributed by atoms with Gasteiger partial charge in [-0.3, -0.25) is 9.69 Å². The van der Waals surface area contributed by atoms with Crippen molar-refractivity contribution in [2.24, 2.45) is 0 Å². The molecular weight excluding hydrogens is 360 g/mol. The molecule has 1 amide bonds. The average Bonchev–Trinajstić information content (AvgIpc) is 3.08. The number of benzene rings is 1. The first-order chi connectivity index (χ1) is 13.1. The molecule has 0 aliphatic carbocycles. The lowest BCUT2D eigenvalue weighted by atomic mass is 10.1.